The number of hydrogen-bond acceptors (Lipinski definition) is 3. The molecule has 0 spiro atoms. The molecule has 3 nitrogen and oxygen atoms in total. The van der Waals surface area contributed by atoms with Gasteiger partial charge in [-0.05, 0) is 42.4 Å². The minimum Gasteiger partial charge on any atom is -0.496 e. The summed E-state index contributed by atoms with van der Waals surface area (Å²) in [4.78, 5) is 11.9. The van der Waals surface area contributed by atoms with Gasteiger partial charge in [-0.15, -0.1) is 0 Å². The van der Waals surface area contributed by atoms with Crippen LogP contribution in [0.15, 0.2) is 18.2 Å². The van der Waals surface area contributed by atoms with Gasteiger partial charge >= 0.3 is 5.97 Å². The van der Waals surface area contributed by atoms with Crippen LogP contribution in [0.25, 0.3) is 0 Å². The molecule has 1 aliphatic rings. The maximum absolute atomic E-state index is 11.9. The highest BCUT2D eigenvalue weighted by Gasteiger charge is 2.51. The summed E-state index contributed by atoms with van der Waals surface area (Å²) in [5.41, 5.74) is 2.07. The molecule has 1 aromatic rings. The van der Waals surface area contributed by atoms with Crippen molar-refractivity contribution >= 4 is 5.97 Å². The van der Waals surface area contributed by atoms with Crippen LogP contribution in [0.3, 0.4) is 0 Å². The quantitative estimate of drug-likeness (QED) is 0.764. The summed E-state index contributed by atoms with van der Waals surface area (Å²) in [5.74, 6) is 1.24. The van der Waals surface area contributed by atoms with Gasteiger partial charge in [0.15, 0.2) is 0 Å². The molecule has 0 saturated heterocycles. The van der Waals surface area contributed by atoms with E-state index in [2.05, 4.69) is 26.0 Å². The number of carbonyl (C=O) groups excluding carboxylic acids is 1. The topological polar surface area (TPSA) is 35.5 Å². The lowest BCUT2D eigenvalue weighted by atomic mass is 9.92. The predicted molar refractivity (Wildman–Crippen MR) is 74.5 cm³/mol. The zero-order valence-corrected chi connectivity index (χ0v) is 12.2. The Morgan fingerprint density at radius 1 is 1.32 bits per heavy atom. The SMILES string of the molecule is COC(=O)C1(Cc2cc(C(C)C)ccc2OC)CC1. The van der Waals surface area contributed by atoms with Gasteiger partial charge in [0.1, 0.15) is 5.75 Å². The average Bonchev–Trinajstić information content (AvgIpc) is 3.18. The maximum atomic E-state index is 11.9. The van der Waals surface area contributed by atoms with E-state index in [-0.39, 0.29) is 11.4 Å². The smallest absolute Gasteiger partial charge is 0.312 e. The third-order valence-electron chi connectivity index (χ3n) is 3.97. The summed E-state index contributed by atoms with van der Waals surface area (Å²) in [6.45, 7) is 4.33. The van der Waals surface area contributed by atoms with Crippen molar-refractivity contribution in [1.82, 2.24) is 0 Å². The Labute approximate surface area is 114 Å². The highest BCUT2D eigenvalue weighted by molar-refractivity contribution is 5.80. The molecule has 1 fully saturated rings. The second-order valence-corrected chi connectivity index (χ2v) is 5.67. The van der Waals surface area contributed by atoms with Crippen molar-refractivity contribution in [2.24, 2.45) is 5.41 Å². The standard InChI is InChI=1S/C16H22O3/c1-11(2)12-5-6-14(18-3)13(9-12)10-16(7-8-16)15(17)19-4/h5-6,9,11H,7-8,10H2,1-4H3. The second-order valence-electron chi connectivity index (χ2n) is 5.67. The summed E-state index contributed by atoms with van der Waals surface area (Å²) in [6, 6.07) is 6.25. The van der Waals surface area contributed by atoms with E-state index in [9.17, 15) is 4.79 Å². The van der Waals surface area contributed by atoms with Crippen LogP contribution in [0.2, 0.25) is 0 Å². The van der Waals surface area contributed by atoms with Crippen LogP contribution in [0, 0.1) is 5.41 Å². The largest absolute Gasteiger partial charge is 0.496 e. The zero-order chi connectivity index (χ0) is 14.0. The van der Waals surface area contributed by atoms with E-state index in [4.69, 9.17) is 9.47 Å². The van der Waals surface area contributed by atoms with Gasteiger partial charge in [0.25, 0.3) is 0 Å². The van der Waals surface area contributed by atoms with E-state index in [0.717, 1.165) is 24.2 Å². The normalized spacial score (nSPS) is 16.3. The van der Waals surface area contributed by atoms with Crippen molar-refractivity contribution in [2.45, 2.75) is 39.0 Å². The van der Waals surface area contributed by atoms with Crippen molar-refractivity contribution in [3.05, 3.63) is 29.3 Å². The first-order valence-electron chi connectivity index (χ1n) is 6.77. The number of ether oxygens (including phenoxy) is 2. The fourth-order valence-electron chi connectivity index (χ4n) is 2.48. The van der Waals surface area contributed by atoms with Gasteiger partial charge in [-0.3, -0.25) is 4.79 Å². The molecule has 0 N–H and O–H groups in total. The zero-order valence-electron chi connectivity index (χ0n) is 12.2. The van der Waals surface area contributed by atoms with Gasteiger partial charge in [0.2, 0.25) is 0 Å². The molecule has 0 radical (unpaired) electrons. The van der Waals surface area contributed by atoms with Crippen molar-refractivity contribution < 1.29 is 14.3 Å². The van der Waals surface area contributed by atoms with Crippen molar-refractivity contribution in [3.8, 4) is 5.75 Å². The van der Waals surface area contributed by atoms with Crippen LogP contribution >= 0.6 is 0 Å². The minimum absolute atomic E-state index is 0.0931. The van der Waals surface area contributed by atoms with E-state index >= 15 is 0 Å². The monoisotopic (exact) mass is 262 g/mol. The highest BCUT2D eigenvalue weighted by atomic mass is 16.5. The second kappa shape index (κ2) is 5.24. The molecule has 0 bridgehead atoms. The molecule has 3 heteroatoms. The van der Waals surface area contributed by atoms with Gasteiger partial charge in [0, 0.05) is 0 Å². The highest BCUT2D eigenvalue weighted by Crippen LogP contribution is 2.50. The number of carbonyl (C=O) groups is 1. The Hall–Kier alpha value is -1.51. The van der Waals surface area contributed by atoms with E-state index in [1.807, 2.05) is 6.07 Å². The van der Waals surface area contributed by atoms with Crippen molar-refractivity contribution in [1.29, 1.82) is 0 Å². The summed E-state index contributed by atoms with van der Waals surface area (Å²) in [6.07, 6.45) is 2.53. The molecule has 0 aromatic heterocycles. The van der Waals surface area contributed by atoms with E-state index < -0.39 is 0 Å². The number of esters is 1. The number of benzene rings is 1. The Balaban J connectivity index is 2.28. The molecular formula is C16H22O3. The molecule has 0 unspecified atom stereocenters. The summed E-state index contributed by atoms with van der Waals surface area (Å²) < 4.78 is 10.3. The Kier molecular flexibility index (Phi) is 3.83. The Bertz CT molecular complexity index is 473. The number of rotatable bonds is 5. The lowest BCUT2D eigenvalue weighted by Gasteiger charge is -2.17. The van der Waals surface area contributed by atoms with Crippen molar-refractivity contribution in [2.75, 3.05) is 14.2 Å². The molecule has 1 aliphatic carbocycles. The van der Waals surface area contributed by atoms with Crippen LogP contribution in [-0.4, -0.2) is 20.2 Å². The number of methoxy groups -OCH3 is 2. The maximum Gasteiger partial charge on any atom is 0.312 e. The third kappa shape index (κ3) is 2.75. The molecule has 104 valence electrons. The Morgan fingerprint density at radius 2 is 2.00 bits per heavy atom. The van der Waals surface area contributed by atoms with Crippen LogP contribution < -0.4 is 4.74 Å². The average molecular weight is 262 g/mol. The molecule has 0 amide bonds. The van der Waals surface area contributed by atoms with Gasteiger partial charge in [-0.2, -0.15) is 0 Å². The van der Waals surface area contributed by atoms with E-state index in [0.29, 0.717) is 12.3 Å². The fraction of sp³-hybridized carbons (Fsp3) is 0.562. The molecule has 0 atom stereocenters. The van der Waals surface area contributed by atoms with Crippen LogP contribution in [0.5, 0.6) is 5.75 Å². The van der Waals surface area contributed by atoms with E-state index in [1.54, 1.807) is 7.11 Å². The van der Waals surface area contributed by atoms with Crippen LogP contribution in [0.1, 0.15) is 43.7 Å². The van der Waals surface area contributed by atoms with Crippen LogP contribution in [-0.2, 0) is 16.0 Å². The molecule has 0 aliphatic heterocycles. The Morgan fingerprint density at radius 3 is 2.47 bits per heavy atom. The summed E-state index contributed by atoms with van der Waals surface area (Å²) >= 11 is 0. The molecule has 1 saturated carbocycles. The third-order valence-corrected chi connectivity index (χ3v) is 3.97. The minimum atomic E-state index is -0.308. The first-order chi connectivity index (χ1) is 9.02. The molecular weight excluding hydrogens is 240 g/mol. The van der Waals surface area contributed by atoms with Gasteiger partial charge in [-0.1, -0.05) is 26.0 Å². The fourth-order valence-corrected chi connectivity index (χ4v) is 2.48. The first kappa shape index (κ1) is 13.9. The lowest BCUT2D eigenvalue weighted by molar-refractivity contribution is -0.147. The van der Waals surface area contributed by atoms with Gasteiger partial charge in [0.05, 0.1) is 19.6 Å². The lowest BCUT2D eigenvalue weighted by Crippen LogP contribution is -2.20. The summed E-state index contributed by atoms with van der Waals surface area (Å²) in [7, 11) is 3.13. The summed E-state index contributed by atoms with van der Waals surface area (Å²) in [5, 5.41) is 0. The predicted octanol–water partition coefficient (Wildman–Crippen LogP) is 3.31. The molecule has 19 heavy (non-hydrogen) atoms. The molecule has 1 aromatic carbocycles. The molecule has 2 rings (SSSR count). The number of hydrogen-bond donors (Lipinski definition) is 0. The van der Waals surface area contributed by atoms with Gasteiger partial charge < -0.3 is 9.47 Å². The first-order valence-corrected chi connectivity index (χ1v) is 6.77. The van der Waals surface area contributed by atoms with Crippen molar-refractivity contribution in [3.63, 3.8) is 0 Å². The van der Waals surface area contributed by atoms with E-state index in [1.165, 1.54) is 12.7 Å². The molecule has 0 heterocycles. The van der Waals surface area contributed by atoms with Crippen LogP contribution in [0.4, 0.5) is 0 Å². The van der Waals surface area contributed by atoms with Gasteiger partial charge in [-0.25, -0.2) is 0 Å².